The summed E-state index contributed by atoms with van der Waals surface area (Å²) in [4.78, 5) is 31.3. The summed E-state index contributed by atoms with van der Waals surface area (Å²) < 4.78 is 1.39. The summed E-state index contributed by atoms with van der Waals surface area (Å²) in [7, 11) is 0. The lowest BCUT2D eigenvalue weighted by molar-refractivity contribution is -0.120. The maximum atomic E-state index is 12.7. The van der Waals surface area contributed by atoms with Crippen molar-refractivity contribution in [2.45, 2.75) is 62.5 Å². The number of aryl methyl sites for hydroxylation is 1. The smallest absolute Gasteiger partial charge is 0.275 e. The second-order valence-electron chi connectivity index (χ2n) is 7.63. The molecule has 30 heavy (non-hydrogen) atoms. The predicted molar refractivity (Wildman–Crippen MR) is 122 cm³/mol. The molecule has 0 aliphatic heterocycles. The highest BCUT2D eigenvalue weighted by Crippen LogP contribution is 2.31. The van der Waals surface area contributed by atoms with E-state index in [9.17, 15) is 9.59 Å². The molecule has 0 spiro atoms. The monoisotopic (exact) mass is 442 g/mol. The Bertz CT molecular complexity index is 1090. The topological polar surface area (TPSA) is 76.4 Å². The molecule has 0 atom stereocenters. The van der Waals surface area contributed by atoms with Crippen LogP contribution < -0.4 is 10.9 Å². The van der Waals surface area contributed by atoms with Crippen LogP contribution in [-0.4, -0.2) is 20.5 Å². The number of anilines is 1. The molecule has 1 amide bonds. The number of hydrogen-bond acceptors (Lipinski definition) is 6. The van der Waals surface area contributed by atoms with E-state index in [1.54, 1.807) is 17.8 Å². The van der Waals surface area contributed by atoms with Gasteiger partial charge in [-0.1, -0.05) is 49.7 Å². The van der Waals surface area contributed by atoms with Crippen molar-refractivity contribution in [1.29, 1.82) is 0 Å². The van der Waals surface area contributed by atoms with Crippen LogP contribution in [0, 0.1) is 5.92 Å². The number of para-hydroxylation sites is 1. The summed E-state index contributed by atoms with van der Waals surface area (Å²) in [6.45, 7) is 2.09. The Labute approximate surface area is 184 Å². The number of nitrogens with one attached hydrogen (secondary N) is 1. The normalized spacial score (nSPS) is 14.8. The number of carbonyl (C=O) groups excluding carboxylic acids is 1. The van der Waals surface area contributed by atoms with Gasteiger partial charge in [-0.05, 0) is 31.4 Å². The van der Waals surface area contributed by atoms with Gasteiger partial charge in [0.25, 0.3) is 5.56 Å². The molecule has 0 unspecified atom stereocenters. The summed E-state index contributed by atoms with van der Waals surface area (Å²) in [6.07, 6.45) is 7.29. The van der Waals surface area contributed by atoms with E-state index in [-0.39, 0.29) is 17.4 Å². The highest BCUT2D eigenvalue weighted by atomic mass is 32.2. The Hall–Kier alpha value is -2.19. The number of fused-ring (bicyclic) bond motifs is 1. The zero-order valence-electron chi connectivity index (χ0n) is 17.1. The molecule has 158 valence electrons. The fraction of sp³-hybridized carbons (Fsp3) is 0.455. The Morgan fingerprint density at radius 1 is 1.27 bits per heavy atom. The van der Waals surface area contributed by atoms with Gasteiger partial charge in [-0.3, -0.25) is 9.59 Å². The average Bonchev–Trinajstić information content (AvgIpc) is 3.17. The van der Waals surface area contributed by atoms with E-state index in [2.05, 4.69) is 22.3 Å². The average molecular weight is 443 g/mol. The van der Waals surface area contributed by atoms with Crippen LogP contribution in [0.25, 0.3) is 4.96 Å². The summed E-state index contributed by atoms with van der Waals surface area (Å²) in [5.41, 5.74) is 1.41. The van der Waals surface area contributed by atoms with Crippen LogP contribution in [0.3, 0.4) is 0 Å². The van der Waals surface area contributed by atoms with Gasteiger partial charge in [0.15, 0.2) is 0 Å². The van der Waals surface area contributed by atoms with Crippen molar-refractivity contribution < 1.29 is 4.79 Å². The Kier molecular flexibility index (Phi) is 6.84. The van der Waals surface area contributed by atoms with Crippen LogP contribution in [0.5, 0.6) is 0 Å². The molecule has 1 N–H and O–H groups in total. The third-order valence-electron chi connectivity index (χ3n) is 5.30. The van der Waals surface area contributed by atoms with Crippen molar-refractivity contribution in [3.63, 3.8) is 0 Å². The minimum absolute atomic E-state index is 0.115. The van der Waals surface area contributed by atoms with Crippen molar-refractivity contribution in [2.24, 2.45) is 5.92 Å². The number of amides is 1. The highest BCUT2D eigenvalue weighted by molar-refractivity contribution is 7.98. The maximum absolute atomic E-state index is 12.7. The Morgan fingerprint density at radius 2 is 2.07 bits per heavy atom. The van der Waals surface area contributed by atoms with Gasteiger partial charge in [-0.25, -0.2) is 4.98 Å². The molecular formula is C22H26N4O2S2. The van der Waals surface area contributed by atoms with Crippen LogP contribution in [0.15, 0.2) is 40.0 Å². The van der Waals surface area contributed by atoms with Gasteiger partial charge in [0.1, 0.15) is 5.01 Å². The molecule has 4 rings (SSSR count). The van der Waals surface area contributed by atoms with Crippen LogP contribution in [0.4, 0.5) is 5.69 Å². The van der Waals surface area contributed by atoms with E-state index in [0.717, 1.165) is 59.8 Å². The Morgan fingerprint density at radius 3 is 2.87 bits per heavy atom. The summed E-state index contributed by atoms with van der Waals surface area (Å²) >= 11 is 3.06. The maximum Gasteiger partial charge on any atom is 0.275 e. The molecule has 1 saturated carbocycles. The van der Waals surface area contributed by atoms with Crippen LogP contribution in [0.2, 0.25) is 0 Å². The largest absolute Gasteiger partial charge is 0.325 e. The molecule has 8 heteroatoms. The van der Waals surface area contributed by atoms with Crippen molar-refractivity contribution >= 4 is 39.7 Å². The number of carbonyl (C=O) groups is 1. The highest BCUT2D eigenvalue weighted by Gasteiger charge is 2.21. The summed E-state index contributed by atoms with van der Waals surface area (Å²) in [5, 5.41) is 8.41. The second kappa shape index (κ2) is 9.75. The molecule has 0 bridgehead atoms. The zero-order chi connectivity index (χ0) is 20.9. The molecule has 3 aromatic rings. The van der Waals surface area contributed by atoms with Crippen molar-refractivity contribution in [2.75, 3.05) is 5.32 Å². The van der Waals surface area contributed by atoms with Crippen molar-refractivity contribution in [1.82, 2.24) is 14.6 Å². The lowest BCUT2D eigenvalue weighted by Gasteiger charge is -2.21. The van der Waals surface area contributed by atoms with Gasteiger partial charge in [-0.2, -0.15) is 9.61 Å². The first kappa shape index (κ1) is 21.1. The quantitative estimate of drug-likeness (QED) is 0.526. The summed E-state index contributed by atoms with van der Waals surface area (Å²) in [5.74, 6) is 0.793. The van der Waals surface area contributed by atoms with Gasteiger partial charge < -0.3 is 5.32 Å². The molecule has 6 nitrogen and oxygen atoms in total. The standard InChI is InChI=1S/C22H26N4O2S2/c1-2-8-19-25-26-20(27)13-16(23-22(26)30-19)14-29-18-12-7-6-11-17(18)24-21(28)15-9-4-3-5-10-15/h6-7,11-13,15H,2-5,8-10,14H2,1H3,(H,24,28). The van der Waals surface area contributed by atoms with Gasteiger partial charge in [0, 0.05) is 29.1 Å². The van der Waals surface area contributed by atoms with E-state index in [4.69, 9.17) is 0 Å². The van der Waals surface area contributed by atoms with Crippen molar-refractivity contribution in [3.05, 3.63) is 51.4 Å². The SMILES string of the molecule is CCCc1nn2c(=O)cc(CSc3ccccc3NC(=O)C3CCCCC3)nc2s1. The number of benzene rings is 1. The fourth-order valence-electron chi connectivity index (χ4n) is 3.73. The Balaban J connectivity index is 1.47. The van der Waals surface area contributed by atoms with Crippen LogP contribution >= 0.6 is 23.1 Å². The van der Waals surface area contributed by atoms with E-state index < -0.39 is 0 Å². The first-order chi connectivity index (χ1) is 14.6. The summed E-state index contributed by atoms with van der Waals surface area (Å²) in [6, 6.07) is 9.39. The first-order valence-corrected chi connectivity index (χ1v) is 12.4. The molecule has 0 radical (unpaired) electrons. The lowest BCUT2D eigenvalue weighted by Crippen LogP contribution is -2.24. The van der Waals surface area contributed by atoms with E-state index in [0.29, 0.717) is 10.7 Å². The third-order valence-corrected chi connectivity index (χ3v) is 7.38. The lowest BCUT2D eigenvalue weighted by atomic mass is 9.88. The molecule has 1 aromatic carbocycles. The second-order valence-corrected chi connectivity index (χ2v) is 9.69. The number of nitrogens with zero attached hydrogens (tertiary/aromatic N) is 3. The minimum Gasteiger partial charge on any atom is -0.325 e. The fourth-order valence-corrected chi connectivity index (χ4v) is 5.65. The third kappa shape index (κ3) is 4.92. The van der Waals surface area contributed by atoms with Gasteiger partial charge in [-0.15, -0.1) is 11.8 Å². The van der Waals surface area contributed by atoms with Gasteiger partial charge >= 0.3 is 0 Å². The molecule has 1 aliphatic rings. The number of hydrogen-bond donors (Lipinski definition) is 1. The number of rotatable bonds is 7. The molecule has 1 aliphatic carbocycles. The predicted octanol–water partition coefficient (Wildman–Crippen LogP) is 4.91. The van der Waals surface area contributed by atoms with E-state index in [1.807, 2.05) is 24.3 Å². The van der Waals surface area contributed by atoms with Gasteiger partial charge in [0.05, 0.1) is 11.4 Å². The molecular weight excluding hydrogens is 416 g/mol. The number of aromatic nitrogens is 3. The molecule has 0 saturated heterocycles. The molecule has 1 fully saturated rings. The molecule has 2 heterocycles. The zero-order valence-corrected chi connectivity index (χ0v) is 18.7. The van der Waals surface area contributed by atoms with Gasteiger partial charge in [0.2, 0.25) is 10.9 Å². The van der Waals surface area contributed by atoms with Crippen molar-refractivity contribution in [3.8, 4) is 0 Å². The minimum atomic E-state index is -0.145. The first-order valence-electron chi connectivity index (χ1n) is 10.6. The van der Waals surface area contributed by atoms with E-state index in [1.165, 1.54) is 22.3 Å². The van der Waals surface area contributed by atoms with E-state index >= 15 is 0 Å². The van der Waals surface area contributed by atoms with Crippen LogP contribution in [0.1, 0.15) is 56.2 Å². The number of thioether (sulfide) groups is 1. The van der Waals surface area contributed by atoms with Crippen LogP contribution in [-0.2, 0) is 17.0 Å². The molecule has 2 aromatic heterocycles.